The highest BCUT2D eigenvalue weighted by molar-refractivity contribution is 5.89. The SMILES string of the molecule is CC(CN(C)C(=O)C1CC1c1cccc2ccccc12)C(=O)O. The fourth-order valence-electron chi connectivity index (χ4n) is 3.25. The molecule has 1 aliphatic rings. The molecule has 1 fully saturated rings. The molecule has 120 valence electrons. The number of hydrogen-bond donors (Lipinski definition) is 1. The fraction of sp³-hybridized carbons (Fsp3) is 0.368. The molecule has 2 aromatic rings. The van der Waals surface area contributed by atoms with Crippen molar-refractivity contribution >= 4 is 22.6 Å². The molecule has 1 N–H and O–H groups in total. The van der Waals surface area contributed by atoms with Gasteiger partial charge in [0.1, 0.15) is 0 Å². The average molecular weight is 311 g/mol. The lowest BCUT2D eigenvalue weighted by Gasteiger charge is -2.19. The predicted octanol–water partition coefficient (Wildman–Crippen LogP) is 3.12. The van der Waals surface area contributed by atoms with E-state index in [0.29, 0.717) is 0 Å². The molecular weight excluding hydrogens is 290 g/mol. The number of fused-ring (bicyclic) bond motifs is 1. The van der Waals surface area contributed by atoms with E-state index in [9.17, 15) is 9.59 Å². The first-order valence-corrected chi connectivity index (χ1v) is 7.94. The number of hydrogen-bond acceptors (Lipinski definition) is 2. The first-order valence-electron chi connectivity index (χ1n) is 7.94. The van der Waals surface area contributed by atoms with Gasteiger partial charge in [0.25, 0.3) is 0 Å². The van der Waals surface area contributed by atoms with Crippen molar-refractivity contribution in [1.82, 2.24) is 4.90 Å². The number of carboxylic acids is 1. The van der Waals surface area contributed by atoms with Gasteiger partial charge in [-0.05, 0) is 28.7 Å². The first-order chi connectivity index (χ1) is 11.0. The van der Waals surface area contributed by atoms with Gasteiger partial charge in [-0.25, -0.2) is 0 Å². The van der Waals surface area contributed by atoms with Gasteiger partial charge in [-0.1, -0.05) is 49.4 Å². The van der Waals surface area contributed by atoms with Crippen LogP contribution >= 0.6 is 0 Å². The monoisotopic (exact) mass is 311 g/mol. The highest BCUT2D eigenvalue weighted by atomic mass is 16.4. The van der Waals surface area contributed by atoms with E-state index in [4.69, 9.17) is 5.11 Å². The number of aliphatic carboxylic acids is 1. The molecule has 0 spiro atoms. The van der Waals surface area contributed by atoms with E-state index in [-0.39, 0.29) is 24.3 Å². The number of nitrogens with zero attached hydrogens (tertiary/aromatic N) is 1. The maximum absolute atomic E-state index is 12.5. The number of carboxylic acid groups (broad SMARTS) is 1. The van der Waals surface area contributed by atoms with E-state index < -0.39 is 11.9 Å². The third-order valence-corrected chi connectivity index (χ3v) is 4.68. The Balaban J connectivity index is 1.73. The lowest BCUT2D eigenvalue weighted by Crippen LogP contribution is -2.34. The van der Waals surface area contributed by atoms with Crippen molar-refractivity contribution in [3.8, 4) is 0 Å². The van der Waals surface area contributed by atoms with E-state index >= 15 is 0 Å². The summed E-state index contributed by atoms with van der Waals surface area (Å²) in [5.74, 6) is -1.14. The maximum atomic E-state index is 12.5. The highest BCUT2D eigenvalue weighted by Crippen LogP contribution is 2.50. The standard InChI is InChI=1S/C19H21NO3/c1-12(19(22)23)11-20(2)18(21)17-10-16(17)15-9-5-7-13-6-3-4-8-14(13)15/h3-9,12,16-17H,10-11H2,1-2H3,(H,22,23). The molecule has 1 amide bonds. The smallest absolute Gasteiger partial charge is 0.308 e. The summed E-state index contributed by atoms with van der Waals surface area (Å²) in [4.78, 5) is 25.0. The number of amides is 1. The molecule has 4 nitrogen and oxygen atoms in total. The molecule has 0 aliphatic heterocycles. The second-order valence-corrected chi connectivity index (χ2v) is 6.48. The minimum absolute atomic E-state index is 0.0215. The van der Waals surface area contributed by atoms with Crippen molar-refractivity contribution in [3.63, 3.8) is 0 Å². The molecule has 0 aromatic heterocycles. The summed E-state index contributed by atoms with van der Waals surface area (Å²) < 4.78 is 0. The molecule has 1 aliphatic carbocycles. The second-order valence-electron chi connectivity index (χ2n) is 6.48. The van der Waals surface area contributed by atoms with E-state index in [1.165, 1.54) is 16.3 Å². The molecule has 4 heteroatoms. The van der Waals surface area contributed by atoms with Crippen molar-refractivity contribution in [3.05, 3.63) is 48.0 Å². The van der Waals surface area contributed by atoms with Crippen LogP contribution in [0.5, 0.6) is 0 Å². The molecule has 3 unspecified atom stereocenters. The van der Waals surface area contributed by atoms with Crippen LogP contribution < -0.4 is 0 Å². The lowest BCUT2D eigenvalue weighted by molar-refractivity contribution is -0.142. The Hall–Kier alpha value is -2.36. The predicted molar refractivity (Wildman–Crippen MR) is 89.2 cm³/mol. The quantitative estimate of drug-likeness (QED) is 0.923. The molecule has 23 heavy (non-hydrogen) atoms. The van der Waals surface area contributed by atoms with E-state index in [0.717, 1.165) is 6.42 Å². The van der Waals surface area contributed by atoms with E-state index in [1.807, 2.05) is 18.2 Å². The topological polar surface area (TPSA) is 57.6 Å². The van der Waals surface area contributed by atoms with Crippen LogP contribution in [0.4, 0.5) is 0 Å². The number of carbonyl (C=O) groups excluding carboxylic acids is 1. The first kappa shape index (κ1) is 15.5. The Bertz CT molecular complexity index is 750. The van der Waals surface area contributed by atoms with Crippen LogP contribution in [-0.4, -0.2) is 35.5 Å². The maximum Gasteiger partial charge on any atom is 0.308 e. The number of rotatable bonds is 5. The molecule has 0 bridgehead atoms. The Morgan fingerprint density at radius 1 is 1.22 bits per heavy atom. The van der Waals surface area contributed by atoms with Crippen LogP contribution in [0.25, 0.3) is 10.8 Å². The molecule has 3 atom stereocenters. The fourth-order valence-corrected chi connectivity index (χ4v) is 3.25. The third kappa shape index (κ3) is 3.07. The van der Waals surface area contributed by atoms with Crippen LogP contribution in [0.1, 0.15) is 24.8 Å². The van der Waals surface area contributed by atoms with Gasteiger partial charge in [-0.15, -0.1) is 0 Å². The summed E-state index contributed by atoms with van der Waals surface area (Å²) in [6, 6.07) is 14.4. The van der Waals surface area contributed by atoms with Gasteiger partial charge in [0.2, 0.25) is 5.91 Å². The van der Waals surface area contributed by atoms with Crippen LogP contribution in [-0.2, 0) is 9.59 Å². The van der Waals surface area contributed by atoms with Crippen molar-refractivity contribution in [2.75, 3.05) is 13.6 Å². The normalized spacial score (nSPS) is 21.0. The zero-order valence-corrected chi connectivity index (χ0v) is 13.4. The number of carbonyl (C=O) groups is 2. The second kappa shape index (κ2) is 6.03. The Kier molecular flexibility index (Phi) is 4.07. The molecule has 0 radical (unpaired) electrons. The molecule has 1 saturated carbocycles. The molecule has 2 aromatic carbocycles. The third-order valence-electron chi connectivity index (χ3n) is 4.68. The molecule has 0 saturated heterocycles. The van der Waals surface area contributed by atoms with Crippen LogP contribution in [0.3, 0.4) is 0 Å². The summed E-state index contributed by atoms with van der Waals surface area (Å²) >= 11 is 0. The van der Waals surface area contributed by atoms with Crippen molar-refractivity contribution < 1.29 is 14.7 Å². The van der Waals surface area contributed by atoms with Crippen LogP contribution in [0.2, 0.25) is 0 Å². The molecule has 3 rings (SSSR count). The molecule has 0 heterocycles. The Labute approximate surface area is 135 Å². The van der Waals surface area contributed by atoms with Crippen molar-refractivity contribution in [2.24, 2.45) is 11.8 Å². The van der Waals surface area contributed by atoms with Gasteiger partial charge in [-0.3, -0.25) is 9.59 Å². The zero-order chi connectivity index (χ0) is 16.6. The lowest BCUT2D eigenvalue weighted by atomic mass is 10.00. The van der Waals surface area contributed by atoms with Crippen molar-refractivity contribution in [2.45, 2.75) is 19.3 Å². The van der Waals surface area contributed by atoms with Crippen molar-refractivity contribution in [1.29, 1.82) is 0 Å². The summed E-state index contributed by atoms with van der Waals surface area (Å²) in [6.45, 7) is 1.88. The zero-order valence-electron chi connectivity index (χ0n) is 13.4. The Morgan fingerprint density at radius 2 is 1.91 bits per heavy atom. The highest BCUT2D eigenvalue weighted by Gasteiger charge is 2.45. The van der Waals surface area contributed by atoms with E-state index in [1.54, 1.807) is 18.9 Å². The summed E-state index contributed by atoms with van der Waals surface area (Å²) in [6.07, 6.45) is 0.846. The largest absolute Gasteiger partial charge is 0.481 e. The summed E-state index contributed by atoms with van der Waals surface area (Å²) in [5.41, 5.74) is 1.22. The van der Waals surface area contributed by atoms with Gasteiger partial charge in [0.05, 0.1) is 5.92 Å². The molecular formula is C19H21NO3. The van der Waals surface area contributed by atoms with Gasteiger partial charge < -0.3 is 10.0 Å². The summed E-state index contributed by atoms with van der Waals surface area (Å²) in [7, 11) is 1.69. The van der Waals surface area contributed by atoms with Gasteiger partial charge in [-0.2, -0.15) is 0 Å². The van der Waals surface area contributed by atoms with Crippen LogP contribution in [0, 0.1) is 11.8 Å². The minimum atomic E-state index is -0.869. The van der Waals surface area contributed by atoms with Gasteiger partial charge in [0.15, 0.2) is 0 Å². The van der Waals surface area contributed by atoms with E-state index in [2.05, 4.69) is 24.3 Å². The minimum Gasteiger partial charge on any atom is -0.481 e. The van der Waals surface area contributed by atoms with Crippen LogP contribution in [0.15, 0.2) is 42.5 Å². The average Bonchev–Trinajstić information content (AvgIpc) is 3.33. The van der Waals surface area contributed by atoms with Gasteiger partial charge >= 0.3 is 5.97 Å². The Morgan fingerprint density at radius 3 is 2.65 bits per heavy atom. The number of benzene rings is 2. The van der Waals surface area contributed by atoms with Gasteiger partial charge in [0, 0.05) is 19.5 Å². The summed E-state index contributed by atoms with van der Waals surface area (Å²) in [5, 5.41) is 11.4.